The highest BCUT2D eigenvalue weighted by Gasteiger charge is 2.28. The van der Waals surface area contributed by atoms with E-state index in [1.165, 1.54) is 17.1 Å². The minimum absolute atomic E-state index is 0.0243. The van der Waals surface area contributed by atoms with E-state index < -0.39 is 10.0 Å². The largest absolute Gasteiger partial charge is 0.394 e. The van der Waals surface area contributed by atoms with Gasteiger partial charge in [-0.25, -0.2) is 13.1 Å². The first-order chi connectivity index (χ1) is 8.53. The topological polar surface area (TPSA) is 84.2 Å². The first-order valence-electron chi connectivity index (χ1n) is 6.18. The fourth-order valence-electron chi connectivity index (χ4n) is 2.30. The molecule has 7 heteroatoms. The van der Waals surface area contributed by atoms with Crippen LogP contribution in [0.1, 0.15) is 26.2 Å². The van der Waals surface area contributed by atoms with Crippen molar-refractivity contribution in [2.75, 3.05) is 6.61 Å². The zero-order chi connectivity index (χ0) is 13.2. The Balaban J connectivity index is 2.09. The van der Waals surface area contributed by atoms with Gasteiger partial charge in [-0.1, -0.05) is 13.3 Å². The molecule has 2 atom stereocenters. The summed E-state index contributed by atoms with van der Waals surface area (Å²) in [6.45, 7) is 2.30. The van der Waals surface area contributed by atoms with E-state index in [0.717, 1.165) is 19.3 Å². The van der Waals surface area contributed by atoms with Crippen LogP contribution in [0.5, 0.6) is 0 Å². The fraction of sp³-hybridized carbons (Fsp3) is 0.727. The third-order valence-corrected chi connectivity index (χ3v) is 4.86. The second kappa shape index (κ2) is 5.38. The molecule has 0 radical (unpaired) electrons. The van der Waals surface area contributed by atoms with Crippen LogP contribution in [0.25, 0.3) is 0 Å². The molecule has 1 aromatic rings. The summed E-state index contributed by atoms with van der Waals surface area (Å²) in [4.78, 5) is 0.162. The molecule has 6 nitrogen and oxygen atoms in total. The van der Waals surface area contributed by atoms with Gasteiger partial charge in [0.15, 0.2) is 0 Å². The predicted molar refractivity (Wildman–Crippen MR) is 66.4 cm³/mol. The highest BCUT2D eigenvalue weighted by atomic mass is 32.2. The molecule has 2 rings (SSSR count). The Morgan fingerprint density at radius 1 is 1.56 bits per heavy atom. The van der Waals surface area contributed by atoms with Crippen molar-refractivity contribution < 1.29 is 13.5 Å². The van der Waals surface area contributed by atoms with E-state index in [1.54, 1.807) is 0 Å². The lowest BCUT2D eigenvalue weighted by atomic mass is 10.1. The van der Waals surface area contributed by atoms with Crippen LogP contribution in [-0.2, 0) is 16.6 Å². The van der Waals surface area contributed by atoms with Crippen LogP contribution in [0, 0.1) is 5.92 Å². The molecular formula is C11H19N3O3S. The minimum Gasteiger partial charge on any atom is -0.394 e. The van der Waals surface area contributed by atoms with Gasteiger partial charge in [-0.05, 0) is 18.8 Å². The van der Waals surface area contributed by atoms with Crippen LogP contribution >= 0.6 is 0 Å². The maximum atomic E-state index is 12.1. The smallest absolute Gasteiger partial charge is 0.243 e. The monoisotopic (exact) mass is 273 g/mol. The van der Waals surface area contributed by atoms with E-state index >= 15 is 0 Å². The molecule has 102 valence electrons. The summed E-state index contributed by atoms with van der Waals surface area (Å²) in [6, 6.07) is 0.0243. The Bertz CT molecular complexity index is 497. The highest BCUT2D eigenvalue weighted by molar-refractivity contribution is 7.89. The number of aliphatic hydroxyl groups is 1. The van der Waals surface area contributed by atoms with Gasteiger partial charge in [-0.2, -0.15) is 5.10 Å². The van der Waals surface area contributed by atoms with Crippen molar-refractivity contribution in [2.24, 2.45) is 5.92 Å². The van der Waals surface area contributed by atoms with Gasteiger partial charge >= 0.3 is 0 Å². The van der Waals surface area contributed by atoms with Gasteiger partial charge < -0.3 is 5.11 Å². The van der Waals surface area contributed by atoms with Crippen molar-refractivity contribution >= 4 is 10.0 Å². The Morgan fingerprint density at radius 3 is 2.94 bits per heavy atom. The van der Waals surface area contributed by atoms with Gasteiger partial charge in [0.2, 0.25) is 10.0 Å². The first-order valence-corrected chi connectivity index (χ1v) is 7.67. The standard InChI is InChI=1S/C11H19N3O3S/c1-9-3-2-4-11(9)13-18(16,17)10-7-12-14(8-10)5-6-15/h7-9,11,13,15H,2-6H2,1H3. The molecule has 18 heavy (non-hydrogen) atoms. The van der Waals surface area contributed by atoms with Gasteiger partial charge in [-0.3, -0.25) is 4.68 Å². The van der Waals surface area contributed by atoms with Crippen LogP contribution < -0.4 is 4.72 Å². The van der Waals surface area contributed by atoms with E-state index in [0.29, 0.717) is 12.5 Å². The Hall–Kier alpha value is -0.920. The van der Waals surface area contributed by atoms with Crippen LogP contribution in [0.2, 0.25) is 0 Å². The van der Waals surface area contributed by atoms with Gasteiger partial charge in [0.05, 0.1) is 19.3 Å². The maximum Gasteiger partial charge on any atom is 0.243 e. The quantitative estimate of drug-likeness (QED) is 0.810. The van der Waals surface area contributed by atoms with Crippen LogP contribution in [-0.4, -0.2) is 36.0 Å². The van der Waals surface area contributed by atoms with Crippen molar-refractivity contribution in [3.8, 4) is 0 Å². The molecule has 1 saturated carbocycles. The Morgan fingerprint density at radius 2 is 2.33 bits per heavy atom. The summed E-state index contributed by atoms with van der Waals surface area (Å²) in [5.74, 6) is 0.382. The molecule has 0 spiro atoms. The number of nitrogens with zero attached hydrogens (tertiary/aromatic N) is 2. The molecule has 1 aliphatic rings. The summed E-state index contributed by atoms with van der Waals surface area (Å²) in [6.07, 6.45) is 5.79. The van der Waals surface area contributed by atoms with Crippen LogP contribution in [0.3, 0.4) is 0 Å². The summed E-state index contributed by atoms with van der Waals surface area (Å²) in [7, 11) is -3.49. The van der Waals surface area contributed by atoms with E-state index in [4.69, 9.17) is 5.11 Å². The number of rotatable bonds is 5. The van der Waals surface area contributed by atoms with Crippen molar-refractivity contribution in [1.29, 1.82) is 0 Å². The van der Waals surface area contributed by atoms with E-state index in [9.17, 15) is 8.42 Å². The number of aliphatic hydroxyl groups excluding tert-OH is 1. The summed E-state index contributed by atoms with van der Waals surface area (Å²) in [5.41, 5.74) is 0. The van der Waals surface area contributed by atoms with Crippen molar-refractivity contribution in [2.45, 2.75) is 43.7 Å². The van der Waals surface area contributed by atoms with Crippen LogP contribution in [0.4, 0.5) is 0 Å². The third kappa shape index (κ3) is 2.90. The second-order valence-electron chi connectivity index (χ2n) is 4.80. The van der Waals surface area contributed by atoms with Crippen molar-refractivity contribution in [3.63, 3.8) is 0 Å². The number of hydrogen-bond acceptors (Lipinski definition) is 4. The summed E-state index contributed by atoms with van der Waals surface area (Å²) >= 11 is 0. The lowest BCUT2D eigenvalue weighted by Gasteiger charge is -2.16. The molecule has 0 bridgehead atoms. The molecule has 1 aromatic heterocycles. The molecule has 1 aliphatic carbocycles. The molecular weight excluding hydrogens is 254 g/mol. The molecule has 2 N–H and O–H groups in total. The van der Waals surface area contributed by atoms with Gasteiger partial charge in [0, 0.05) is 12.2 Å². The highest BCUT2D eigenvalue weighted by Crippen LogP contribution is 2.26. The molecule has 2 unspecified atom stereocenters. The normalized spacial score (nSPS) is 24.6. The lowest BCUT2D eigenvalue weighted by molar-refractivity contribution is 0.269. The minimum atomic E-state index is -3.49. The Labute approximate surface area is 107 Å². The van der Waals surface area contributed by atoms with Crippen molar-refractivity contribution in [1.82, 2.24) is 14.5 Å². The molecule has 1 fully saturated rings. The Kier molecular flexibility index (Phi) is 4.04. The number of sulfonamides is 1. The SMILES string of the molecule is CC1CCCC1NS(=O)(=O)c1cnn(CCO)c1. The second-order valence-corrected chi connectivity index (χ2v) is 6.51. The van der Waals surface area contributed by atoms with Gasteiger partial charge in [-0.15, -0.1) is 0 Å². The van der Waals surface area contributed by atoms with E-state index in [2.05, 4.69) is 16.7 Å². The molecule has 0 aromatic carbocycles. The average Bonchev–Trinajstić information content (AvgIpc) is 2.90. The lowest BCUT2D eigenvalue weighted by Crippen LogP contribution is -2.36. The molecule has 0 saturated heterocycles. The molecule has 0 aliphatic heterocycles. The average molecular weight is 273 g/mol. The van der Waals surface area contributed by atoms with Gasteiger partial charge in [0.1, 0.15) is 4.90 Å². The fourth-order valence-corrected chi connectivity index (χ4v) is 3.63. The number of nitrogens with one attached hydrogen (secondary N) is 1. The molecule has 0 amide bonds. The zero-order valence-corrected chi connectivity index (χ0v) is 11.2. The van der Waals surface area contributed by atoms with Crippen LogP contribution in [0.15, 0.2) is 17.3 Å². The predicted octanol–water partition coefficient (Wildman–Crippen LogP) is 0.342. The van der Waals surface area contributed by atoms with Gasteiger partial charge in [0.25, 0.3) is 0 Å². The number of hydrogen-bond donors (Lipinski definition) is 2. The van der Waals surface area contributed by atoms with Crippen molar-refractivity contribution in [3.05, 3.63) is 12.4 Å². The maximum absolute atomic E-state index is 12.1. The van der Waals surface area contributed by atoms with E-state index in [-0.39, 0.29) is 17.5 Å². The summed E-state index contributed by atoms with van der Waals surface area (Å²) in [5, 5.41) is 12.7. The summed E-state index contributed by atoms with van der Waals surface area (Å²) < 4.78 is 28.4. The first kappa shape index (κ1) is 13.5. The number of aromatic nitrogens is 2. The zero-order valence-electron chi connectivity index (χ0n) is 10.4. The van der Waals surface area contributed by atoms with E-state index in [1.807, 2.05) is 0 Å². The molecule has 1 heterocycles. The third-order valence-electron chi connectivity index (χ3n) is 3.42.